The van der Waals surface area contributed by atoms with E-state index >= 15 is 0 Å². The number of nitrogens with zero attached hydrogens (tertiary/aromatic N) is 4. The van der Waals surface area contributed by atoms with E-state index in [1.807, 2.05) is 28.2 Å². The maximum atomic E-state index is 5.71. The molecule has 1 aliphatic heterocycles. The van der Waals surface area contributed by atoms with Crippen molar-refractivity contribution in [3.05, 3.63) is 112 Å². The lowest BCUT2D eigenvalue weighted by molar-refractivity contribution is -0.933. The minimum absolute atomic E-state index is 0.0301. The molecule has 3 aromatic heterocycles. The number of thiophene rings is 2. The van der Waals surface area contributed by atoms with Crippen LogP contribution in [-0.4, -0.2) is 46.5 Å². The van der Waals surface area contributed by atoms with Crippen LogP contribution >= 0.6 is 22.7 Å². The van der Waals surface area contributed by atoms with Crippen molar-refractivity contribution in [2.24, 2.45) is 0 Å². The first-order valence-electron chi connectivity index (χ1n) is 11.8. The molecule has 0 spiro atoms. The molecule has 1 saturated heterocycles. The molecule has 5 aromatic rings. The molecule has 176 valence electrons. The standard InChI is InChI=1S/C27H25N5OS2/c1-3-8-20(9-4-1)25(21-10-5-2-6-11-21)32-27(28-29-30-32)26(31-15-17-33-18-16-31)24-14-13-23(35-24)22-12-7-19-34-22/h1-14,19,25-26H,15-18H2/p+1/t26-/m0/s1. The van der Waals surface area contributed by atoms with Crippen LogP contribution in [-0.2, 0) is 4.74 Å². The molecule has 8 heteroatoms. The van der Waals surface area contributed by atoms with E-state index in [1.54, 1.807) is 11.3 Å². The summed E-state index contributed by atoms with van der Waals surface area (Å²) in [5.74, 6) is 0.888. The molecule has 0 unspecified atom stereocenters. The number of quaternary nitrogens is 1. The largest absolute Gasteiger partial charge is 0.370 e. The van der Waals surface area contributed by atoms with Gasteiger partial charge in [-0.1, -0.05) is 66.7 Å². The van der Waals surface area contributed by atoms with Gasteiger partial charge in [0.15, 0.2) is 6.04 Å². The van der Waals surface area contributed by atoms with Crippen molar-refractivity contribution < 1.29 is 9.64 Å². The first-order valence-corrected chi connectivity index (χ1v) is 13.5. The molecule has 0 radical (unpaired) electrons. The minimum atomic E-state index is -0.109. The van der Waals surface area contributed by atoms with Gasteiger partial charge < -0.3 is 9.64 Å². The first-order chi connectivity index (χ1) is 17.4. The third-order valence-corrected chi connectivity index (χ3v) is 8.69. The number of benzene rings is 2. The second-order valence-electron chi connectivity index (χ2n) is 8.59. The van der Waals surface area contributed by atoms with E-state index in [1.165, 1.54) is 19.5 Å². The van der Waals surface area contributed by atoms with Crippen molar-refractivity contribution in [3.63, 3.8) is 0 Å². The van der Waals surface area contributed by atoms with E-state index in [0.717, 1.165) is 43.3 Å². The zero-order valence-corrected chi connectivity index (χ0v) is 20.8. The number of ether oxygens (including phenoxy) is 1. The Balaban J connectivity index is 1.47. The van der Waals surface area contributed by atoms with Crippen LogP contribution in [0.4, 0.5) is 0 Å². The fourth-order valence-electron chi connectivity index (χ4n) is 4.81. The van der Waals surface area contributed by atoms with Crippen molar-refractivity contribution in [1.82, 2.24) is 20.2 Å². The molecule has 1 N–H and O–H groups in total. The molecule has 6 rings (SSSR count). The summed E-state index contributed by atoms with van der Waals surface area (Å²) in [4.78, 5) is 5.30. The van der Waals surface area contributed by atoms with Gasteiger partial charge in [-0.15, -0.1) is 27.8 Å². The Bertz CT molecular complexity index is 1310. The van der Waals surface area contributed by atoms with Gasteiger partial charge in [0.25, 0.3) is 0 Å². The van der Waals surface area contributed by atoms with Gasteiger partial charge in [-0.05, 0) is 45.1 Å². The van der Waals surface area contributed by atoms with Crippen LogP contribution in [0.2, 0.25) is 0 Å². The van der Waals surface area contributed by atoms with E-state index in [-0.39, 0.29) is 12.1 Å². The van der Waals surface area contributed by atoms with Crippen molar-refractivity contribution >= 4 is 22.7 Å². The average molecular weight is 501 g/mol. The van der Waals surface area contributed by atoms with Gasteiger partial charge in [-0.2, -0.15) is 0 Å². The van der Waals surface area contributed by atoms with Gasteiger partial charge in [-0.3, -0.25) is 0 Å². The summed E-state index contributed by atoms with van der Waals surface area (Å²) >= 11 is 3.62. The van der Waals surface area contributed by atoms with Crippen molar-refractivity contribution in [2.45, 2.75) is 12.1 Å². The fraction of sp³-hybridized carbons (Fsp3) is 0.222. The van der Waals surface area contributed by atoms with Crippen LogP contribution in [0.1, 0.15) is 33.9 Å². The third kappa shape index (κ3) is 4.58. The number of hydrogen-bond donors (Lipinski definition) is 1. The molecule has 0 saturated carbocycles. The molecule has 1 atom stereocenters. The number of hydrogen-bond acceptors (Lipinski definition) is 6. The second-order valence-corrected chi connectivity index (χ2v) is 10.7. The summed E-state index contributed by atoms with van der Waals surface area (Å²) in [6.45, 7) is 3.34. The van der Waals surface area contributed by atoms with E-state index in [0.29, 0.717) is 0 Å². The topological polar surface area (TPSA) is 57.3 Å². The molecule has 2 aromatic carbocycles. The maximum Gasteiger partial charge on any atom is 0.216 e. The summed E-state index contributed by atoms with van der Waals surface area (Å²) in [5, 5.41) is 15.6. The summed E-state index contributed by atoms with van der Waals surface area (Å²) in [5.41, 5.74) is 2.32. The summed E-state index contributed by atoms with van der Waals surface area (Å²) in [7, 11) is 0. The van der Waals surface area contributed by atoms with Crippen LogP contribution in [0, 0.1) is 0 Å². The van der Waals surface area contributed by atoms with Crippen molar-refractivity contribution in [1.29, 1.82) is 0 Å². The van der Waals surface area contributed by atoms with Gasteiger partial charge >= 0.3 is 0 Å². The average Bonchev–Trinajstić information content (AvgIpc) is 3.70. The Labute approximate surface area is 212 Å². The van der Waals surface area contributed by atoms with Gasteiger partial charge in [0.05, 0.1) is 18.1 Å². The molecule has 35 heavy (non-hydrogen) atoms. The highest BCUT2D eigenvalue weighted by molar-refractivity contribution is 7.21. The number of morpholine rings is 1. The predicted octanol–water partition coefficient (Wildman–Crippen LogP) is 4.11. The molecule has 1 fully saturated rings. The number of tetrazole rings is 1. The highest BCUT2D eigenvalue weighted by Crippen LogP contribution is 2.36. The van der Waals surface area contributed by atoms with Crippen molar-refractivity contribution in [2.75, 3.05) is 26.3 Å². The summed E-state index contributed by atoms with van der Waals surface area (Å²) < 4.78 is 7.74. The molecule has 0 amide bonds. The van der Waals surface area contributed by atoms with E-state index in [9.17, 15) is 0 Å². The highest BCUT2D eigenvalue weighted by atomic mass is 32.1. The molecule has 0 bridgehead atoms. The van der Waals surface area contributed by atoms with Crippen LogP contribution < -0.4 is 4.90 Å². The van der Waals surface area contributed by atoms with Gasteiger partial charge in [0, 0.05) is 9.75 Å². The normalized spacial score (nSPS) is 15.5. The van der Waals surface area contributed by atoms with Crippen LogP contribution in [0.5, 0.6) is 0 Å². The van der Waals surface area contributed by atoms with Crippen LogP contribution in [0.3, 0.4) is 0 Å². The molecule has 4 heterocycles. The first kappa shape index (κ1) is 22.3. The van der Waals surface area contributed by atoms with E-state index < -0.39 is 0 Å². The number of nitrogens with one attached hydrogen (secondary N) is 1. The second kappa shape index (κ2) is 10.2. The Morgan fingerprint density at radius 2 is 1.51 bits per heavy atom. The molecule has 6 nitrogen and oxygen atoms in total. The smallest absolute Gasteiger partial charge is 0.216 e. The fourth-order valence-corrected chi connectivity index (χ4v) is 6.81. The van der Waals surface area contributed by atoms with Crippen LogP contribution in [0.25, 0.3) is 9.75 Å². The summed E-state index contributed by atoms with van der Waals surface area (Å²) in [6, 6.07) is 29.7. The zero-order chi connectivity index (χ0) is 23.5. The zero-order valence-electron chi connectivity index (χ0n) is 19.2. The Morgan fingerprint density at radius 1 is 0.800 bits per heavy atom. The minimum Gasteiger partial charge on any atom is -0.370 e. The van der Waals surface area contributed by atoms with Gasteiger partial charge in [-0.25, -0.2) is 4.68 Å². The molecular weight excluding hydrogens is 474 g/mol. The molecule has 0 aliphatic carbocycles. The third-order valence-electron chi connectivity index (χ3n) is 6.47. The Kier molecular flexibility index (Phi) is 6.51. The monoisotopic (exact) mass is 500 g/mol. The lowest BCUT2D eigenvalue weighted by atomic mass is 9.98. The van der Waals surface area contributed by atoms with Gasteiger partial charge in [0.1, 0.15) is 19.1 Å². The highest BCUT2D eigenvalue weighted by Gasteiger charge is 2.36. The van der Waals surface area contributed by atoms with Crippen LogP contribution in [0.15, 0.2) is 90.3 Å². The lowest BCUT2D eigenvalue weighted by Crippen LogP contribution is -3.14. The number of aromatic nitrogens is 4. The SMILES string of the molecule is c1ccc(C(c2ccccc2)n2nnnc2[C@H](c2ccc(-c3cccs3)s2)[NH+]2CCOCC2)cc1. The lowest BCUT2D eigenvalue weighted by Gasteiger charge is -2.31. The molecule has 1 aliphatic rings. The van der Waals surface area contributed by atoms with E-state index in [2.05, 4.69) is 93.7 Å². The van der Waals surface area contributed by atoms with E-state index in [4.69, 9.17) is 4.74 Å². The van der Waals surface area contributed by atoms with Crippen molar-refractivity contribution in [3.8, 4) is 9.75 Å². The predicted molar refractivity (Wildman–Crippen MR) is 139 cm³/mol. The Hall–Kier alpha value is -3.17. The quantitative estimate of drug-likeness (QED) is 0.366. The Morgan fingerprint density at radius 3 is 2.17 bits per heavy atom. The van der Waals surface area contributed by atoms with Gasteiger partial charge in [0.2, 0.25) is 5.82 Å². The molecular formula is C27H26N5OS2+. The maximum absolute atomic E-state index is 5.71. The summed E-state index contributed by atoms with van der Waals surface area (Å²) in [6.07, 6.45) is 0. The number of rotatable bonds is 7.